The molecule has 1 aromatic rings. The summed E-state index contributed by atoms with van der Waals surface area (Å²) in [5.74, 6) is 1.06. The normalized spacial score (nSPS) is 15.5. The van der Waals surface area contributed by atoms with E-state index in [1.807, 2.05) is 31.3 Å². The fraction of sp³-hybridized carbons (Fsp3) is 0.579. The van der Waals surface area contributed by atoms with Crippen LogP contribution < -0.4 is 14.8 Å². The molecular formula is C19H29N3O4. The van der Waals surface area contributed by atoms with Crippen molar-refractivity contribution in [2.75, 3.05) is 53.5 Å². The monoisotopic (exact) mass is 363 g/mol. The quantitative estimate of drug-likeness (QED) is 0.578. The van der Waals surface area contributed by atoms with E-state index in [-0.39, 0.29) is 11.8 Å². The van der Waals surface area contributed by atoms with E-state index in [1.165, 1.54) is 0 Å². The number of rotatable bonds is 7. The fourth-order valence-corrected chi connectivity index (χ4v) is 2.73. The first kappa shape index (κ1) is 20.0. The maximum Gasteiger partial charge on any atom is 0.237 e. The van der Waals surface area contributed by atoms with E-state index in [2.05, 4.69) is 10.2 Å². The smallest absolute Gasteiger partial charge is 0.237 e. The Labute approximate surface area is 155 Å². The molecule has 0 spiro atoms. The van der Waals surface area contributed by atoms with E-state index >= 15 is 0 Å². The van der Waals surface area contributed by atoms with Crippen LogP contribution in [0.4, 0.5) is 0 Å². The SMILES string of the molecule is COc1ccc(OCCNC(=O)C(C)(C)C(=O)N2CCN(C)CC2)cc1. The third-order valence-electron chi connectivity index (χ3n) is 4.61. The molecule has 0 aromatic heterocycles. The van der Waals surface area contributed by atoms with Crippen molar-refractivity contribution in [1.82, 2.24) is 15.1 Å². The number of ether oxygens (including phenoxy) is 2. The zero-order valence-electron chi connectivity index (χ0n) is 16.1. The first-order valence-electron chi connectivity index (χ1n) is 8.87. The highest BCUT2D eigenvalue weighted by Gasteiger charge is 2.39. The Bertz CT molecular complexity index is 608. The van der Waals surface area contributed by atoms with Gasteiger partial charge in [-0.15, -0.1) is 0 Å². The second kappa shape index (κ2) is 8.89. The van der Waals surface area contributed by atoms with Crippen LogP contribution in [-0.2, 0) is 9.59 Å². The topological polar surface area (TPSA) is 71.1 Å². The second-order valence-electron chi connectivity index (χ2n) is 7.00. The summed E-state index contributed by atoms with van der Waals surface area (Å²) in [6.45, 7) is 7.00. The zero-order valence-corrected chi connectivity index (χ0v) is 16.1. The molecule has 1 heterocycles. The van der Waals surface area contributed by atoms with Crippen molar-refractivity contribution in [3.8, 4) is 11.5 Å². The Hall–Kier alpha value is -2.28. The van der Waals surface area contributed by atoms with Gasteiger partial charge >= 0.3 is 0 Å². The molecule has 0 radical (unpaired) electrons. The van der Waals surface area contributed by atoms with Crippen LogP contribution in [0.1, 0.15) is 13.8 Å². The number of nitrogens with one attached hydrogen (secondary N) is 1. The molecule has 7 nitrogen and oxygen atoms in total. The van der Waals surface area contributed by atoms with Crippen molar-refractivity contribution < 1.29 is 19.1 Å². The van der Waals surface area contributed by atoms with E-state index in [0.29, 0.717) is 32.0 Å². The van der Waals surface area contributed by atoms with Gasteiger partial charge in [0.1, 0.15) is 23.5 Å². The predicted octanol–water partition coefficient (Wildman–Crippen LogP) is 0.990. The van der Waals surface area contributed by atoms with Gasteiger partial charge in [-0.2, -0.15) is 0 Å². The third-order valence-corrected chi connectivity index (χ3v) is 4.61. The van der Waals surface area contributed by atoms with Crippen molar-refractivity contribution in [3.63, 3.8) is 0 Å². The van der Waals surface area contributed by atoms with Crippen LogP contribution in [-0.4, -0.2) is 75.1 Å². The number of hydrogen-bond acceptors (Lipinski definition) is 5. The van der Waals surface area contributed by atoms with Gasteiger partial charge in [-0.25, -0.2) is 0 Å². The lowest BCUT2D eigenvalue weighted by Crippen LogP contribution is -2.55. The lowest BCUT2D eigenvalue weighted by Gasteiger charge is -2.36. The molecule has 0 atom stereocenters. The van der Waals surface area contributed by atoms with Crippen LogP contribution in [0.2, 0.25) is 0 Å². The number of hydrogen-bond donors (Lipinski definition) is 1. The van der Waals surface area contributed by atoms with Gasteiger partial charge < -0.3 is 24.6 Å². The van der Waals surface area contributed by atoms with Gasteiger partial charge in [0.15, 0.2) is 0 Å². The highest BCUT2D eigenvalue weighted by molar-refractivity contribution is 6.04. The van der Waals surface area contributed by atoms with E-state index in [1.54, 1.807) is 25.9 Å². The number of nitrogens with zero attached hydrogens (tertiary/aromatic N) is 2. The average molecular weight is 363 g/mol. The zero-order chi connectivity index (χ0) is 19.2. The summed E-state index contributed by atoms with van der Waals surface area (Å²) in [7, 11) is 3.64. The molecule has 1 aliphatic heterocycles. The summed E-state index contributed by atoms with van der Waals surface area (Å²) in [6.07, 6.45) is 0. The molecule has 1 saturated heterocycles. The maximum absolute atomic E-state index is 12.7. The van der Waals surface area contributed by atoms with Gasteiger partial charge in [0.05, 0.1) is 13.7 Å². The Kier molecular flexibility index (Phi) is 6.85. The van der Waals surface area contributed by atoms with Gasteiger partial charge in [-0.3, -0.25) is 9.59 Å². The number of piperazine rings is 1. The molecule has 0 bridgehead atoms. The van der Waals surface area contributed by atoms with Crippen molar-refractivity contribution >= 4 is 11.8 Å². The number of methoxy groups -OCH3 is 1. The van der Waals surface area contributed by atoms with Crippen molar-refractivity contribution in [2.24, 2.45) is 5.41 Å². The molecule has 7 heteroatoms. The largest absolute Gasteiger partial charge is 0.497 e. The number of benzene rings is 1. The van der Waals surface area contributed by atoms with Crippen molar-refractivity contribution in [3.05, 3.63) is 24.3 Å². The lowest BCUT2D eigenvalue weighted by molar-refractivity contribution is -0.149. The fourth-order valence-electron chi connectivity index (χ4n) is 2.73. The number of amides is 2. The minimum absolute atomic E-state index is 0.126. The molecule has 26 heavy (non-hydrogen) atoms. The molecule has 1 N–H and O–H groups in total. The summed E-state index contributed by atoms with van der Waals surface area (Å²) < 4.78 is 10.7. The average Bonchev–Trinajstić information content (AvgIpc) is 2.65. The highest BCUT2D eigenvalue weighted by Crippen LogP contribution is 2.20. The Morgan fingerprint density at radius 2 is 1.65 bits per heavy atom. The Morgan fingerprint density at radius 3 is 2.23 bits per heavy atom. The standard InChI is InChI=1S/C19H29N3O4/c1-19(2,18(24)22-12-10-21(3)11-13-22)17(23)20-9-14-26-16-7-5-15(25-4)6-8-16/h5-8H,9-14H2,1-4H3,(H,20,23). The van der Waals surface area contributed by atoms with Crippen LogP contribution in [0.5, 0.6) is 11.5 Å². The van der Waals surface area contributed by atoms with Gasteiger partial charge in [-0.05, 0) is 45.2 Å². The summed E-state index contributed by atoms with van der Waals surface area (Å²) in [6, 6.07) is 7.24. The Balaban J connectivity index is 1.77. The van der Waals surface area contributed by atoms with Crippen LogP contribution in [0.15, 0.2) is 24.3 Å². The lowest BCUT2D eigenvalue weighted by atomic mass is 9.90. The van der Waals surface area contributed by atoms with E-state index in [9.17, 15) is 9.59 Å². The van der Waals surface area contributed by atoms with E-state index in [4.69, 9.17) is 9.47 Å². The minimum Gasteiger partial charge on any atom is -0.497 e. The summed E-state index contributed by atoms with van der Waals surface area (Å²) in [4.78, 5) is 29.1. The van der Waals surface area contributed by atoms with Crippen LogP contribution in [0.3, 0.4) is 0 Å². The number of likely N-dealkylation sites (N-methyl/N-ethyl adjacent to an activating group) is 1. The van der Waals surface area contributed by atoms with Gasteiger partial charge in [0.2, 0.25) is 11.8 Å². The van der Waals surface area contributed by atoms with Crippen molar-refractivity contribution in [1.29, 1.82) is 0 Å². The first-order chi connectivity index (χ1) is 12.3. The van der Waals surface area contributed by atoms with Gasteiger partial charge in [0.25, 0.3) is 0 Å². The predicted molar refractivity (Wildman–Crippen MR) is 99.4 cm³/mol. The van der Waals surface area contributed by atoms with E-state index in [0.717, 1.165) is 18.8 Å². The van der Waals surface area contributed by atoms with Crippen molar-refractivity contribution in [2.45, 2.75) is 13.8 Å². The van der Waals surface area contributed by atoms with E-state index < -0.39 is 5.41 Å². The third kappa shape index (κ3) is 5.11. The number of carbonyl (C=O) groups excluding carboxylic acids is 2. The Morgan fingerprint density at radius 1 is 1.08 bits per heavy atom. The molecular weight excluding hydrogens is 334 g/mol. The molecule has 1 fully saturated rings. The van der Waals surface area contributed by atoms with Gasteiger partial charge in [-0.1, -0.05) is 0 Å². The molecule has 1 aliphatic rings. The van der Waals surface area contributed by atoms with Gasteiger partial charge in [0, 0.05) is 26.2 Å². The molecule has 1 aromatic carbocycles. The summed E-state index contributed by atoms with van der Waals surface area (Å²) in [5.41, 5.74) is -1.09. The molecule has 144 valence electrons. The summed E-state index contributed by atoms with van der Waals surface area (Å²) in [5, 5.41) is 2.80. The molecule has 0 saturated carbocycles. The molecule has 2 rings (SSSR count). The first-order valence-corrected chi connectivity index (χ1v) is 8.87. The van der Waals surface area contributed by atoms with Crippen LogP contribution in [0.25, 0.3) is 0 Å². The minimum atomic E-state index is -1.09. The van der Waals surface area contributed by atoms with Crippen LogP contribution in [0, 0.1) is 5.41 Å². The summed E-state index contributed by atoms with van der Waals surface area (Å²) >= 11 is 0. The second-order valence-corrected chi connectivity index (χ2v) is 7.00. The van der Waals surface area contributed by atoms with Crippen LogP contribution >= 0.6 is 0 Å². The number of carbonyl (C=O) groups is 2. The molecule has 0 aliphatic carbocycles. The molecule has 2 amide bonds. The maximum atomic E-state index is 12.7. The molecule has 0 unspecified atom stereocenters. The highest BCUT2D eigenvalue weighted by atomic mass is 16.5.